The lowest BCUT2D eigenvalue weighted by Gasteiger charge is -2.39. The molecule has 0 radical (unpaired) electrons. The van der Waals surface area contributed by atoms with Crippen LogP contribution in [-0.4, -0.2) is 56.4 Å². The number of rotatable bonds is 5. The van der Waals surface area contributed by atoms with Crippen LogP contribution in [0.1, 0.15) is 29.3 Å². The third-order valence-corrected chi connectivity index (χ3v) is 5.91. The van der Waals surface area contributed by atoms with E-state index in [2.05, 4.69) is 44.5 Å². The van der Waals surface area contributed by atoms with E-state index in [0.717, 1.165) is 40.7 Å². The smallest absolute Gasteiger partial charge is 0.246 e. The van der Waals surface area contributed by atoms with Crippen molar-refractivity contribution in [2.75, 3.05) is 24.5 Å². The van der Waals surface area contributed by atoms with Crippen molar-refractivity contribution in [1.82, 2.24) is 24.8 Å². The predicted molar refractivity (Wildman–Crippen MR) is 125 cm³/mol. The Morgan fingerprint density at radius 3 is 2.84 bits per heavy atom. The standard InChI is InChI=1S/C25H26N6O/c1-5-20-9-7-19(13-17(20)3)8-10-21-24-22(28-16-27-21)14-26-25(29-24)30-11-12-31(18(4)15-30)23(32)6-2/h1,6-7,9,13-14,16,18H,2,8,10-12,15H2,3-4H3/t18-/m1/s1. The maximum atomic E-state index is 12.0. The minimum Gasteiger partial charge on any atom is -0.337 e. The van der Waals surface area contributed by atoms with E-state index >= 15 is 0 Å². The number of hydrogen-bond donors (Lipinski definition) is 0. The van der Waals surface area contributed by atoms with Gasteiger partial charge in [-0.1, -0.05) is 24.6 Å². The van der Waals surface area contributed by atoms with E-state index in [0.29, 0.717) is 25.6 Å². The maximum Gasteiger partial charge on any atom is 0.246 e. The third-order valence-electron chi connectivity index (χ3n) is 5.91. The van der Waals surface area contributed by atoms with Crippen LogP contribution in [0.25, 0.3) is 11.0 Å². The van der Waals surface area contributed by atoms with Gasteiger partial charge < -0.3 is 9.80 Å². The van der Waals surface area contributed by atoms with E-state index in [1.807, 2.05) is 24.8 Å². The molecule has 0 unspecified atom stereocenters. The maximum absolute atomic E-state index is 12.0. The molecule has 0 spiro atoms. The van der Waals surface area contributed by atoms with Crippen LogP contribution in [0.2, 0.25) is 0 Å². The normalized spacial score (nSPS) is 16.1. The topological polar surface area (TPSA) is 75.1 Å². The summed E-state index contributed by atoms with van der Waals surface area (Å²) < 4.78 is 0. The van der Waals surface area contributed by atoms with E-state index in [9.17, 15) is 4.79 Å². The quantitative estimate of drug-likeness (QED) is 0.461. The molecule has 3 heterocycles. The Morgan fingerprint density at radius 2 is 2.12 bits per heavy atom. The molecular formula is C25H26N6O. The van der Waals surface area contributed by atoms with Crippen molar-refractivity contribution in [2.24, 2.45) is 0 Å². The molecule has 32 heavy (non-hydrogen) atoms. The van der Waals surface area contributed by atoms with Gasteiger partial charge in [-0.05, 0) is 50.0 Å². The first-order chi connectivity index (χ1) is 15.5. The number of piperazine rings is 1. The number of carbonyl (C=O) groups is 1. The fraction of sp³-hybridized carbons (Fsp3) is 0.320. The second kappa shape index (κ2) is 9.15. The third kappa shape index (κ3) is 4.30. The molecule has 7 nitrogen and oxygen atoms in total. The van der Waals surface area contributed by atoms with Crippen LogP contribution in [0, 0.1) is 19.3 Å². The van der Waals surface area contributed by atoms with Crippen LogP contribution in [0.4, 0.5) is 5.95 Å². The van der Waals surface area contributed by atoms with Crippen LogP contribution >= 0.6 is 0 Å². The van der Waals surface area contributed by atoms with Crippen molar-refractivity contribution >= 4 is 22.9 Å². The van der Waals surface area contributed by atoms with Crippen LogP contribution in [0.15, 0.2) is 43.4 Å². The Kier molecular flexibility index (Phi) is 6.13. The molecule has 1 fully saturated rings. The summed E-state index contributed by atoms with van der Waals surface area (Å²) in [6, 6.07) is 6.23. The van der Waals surface area contributed by atoms with Crippen molar-refractivity contribution in [3.8, 4) is 12.3 Å². The molecule has 1 aliphatic heterocycles. The lowest BCUT2D eigenvalue weighted by molar-refractivity contribution is -0.128. The molecule has 7 heteroatoms. The first-order valence-corrected chi connectivity index (χ1v) is 10.7. The highest BCUT2D eigenvalue weighted by Gasteiger charge is 2.27. The van der Waals surface area contributed by atoms with Gasteiger partial charge in [0, 0.05) is 31.2 Å². The summed E-state index contributed by atoms with van der Waals surface area (Å²) in [4.78, 5) is 34.1. The number of anilines is 1. The van der Waals surface area contributed by atoms with E-state index < -0.39 is 0 Å². The van der Waals surface area contributed by atoms with Gasteiger partial charge in [0.2, 0.25) is 11.9 Å². The van der Waals surface area contributed by atoms with Gasteiger partial charge in [-0.3, -0.25) is 4.79 Å². The molecule has 4 rings (SSSR count). The van der Waals surface area contributed by atoms with Crippen LogP contribution in [0.5, 0.6) is 0 Å². The largest absolute Gasteiger partial charge is 0.337 e. The monoisotopic (exact) mass is 426 g/mol. The minimum atomic E-state index is -0.0437. The Hall–Kier alpha value is -3.79. The SMILES string of the molecule is C#Cc1ccc(CCc2ncnc3cnc(N4CCN(C(=O)C=C)[C@H](C)C4)nc23)cc1C. The molecule has 0 aliphatic carbocycles. The second-order valence-corrected chi connectivity index (χ2v) is 8.05. The zero-order valence-electron chi connectivity index (χ0n) is 18.5. The molecule has 1 aliphatic rings. The zero-order chi connectivity index (χ0) is 22.7. The summed E-state index contributed by atoms with van der Waals surface area (Å²) >= 11 is 0. The van der Waals surface area contributed by atoms with E-state index in [1.165, 1.54) is 11.6 Å². The van der Waals surface area contributed by atoms with E-state index in [-0.39, 0.29) is 11.9 Å². The highest BCUT2D eigenvalue weighted by molar-refractivity contribution is 5.87. The highest BCUT2D eigenvalue weighted by Crippen LogP contribution is 2.21. The number of amides is 1. The number of terminal acetylenes is 1. The zero-order valence-corrected chi connectivity index (χ0v) is 18.5. The van der Waals surface area contributed by atoms with Crippen LogP contribution in [0.3, 0.4) is 0 Å². The number of aryl methyl sites for hydroxylation is 3. The highest BCUT2D eigenvalue weighted by atomic mass is 16.2. The summed E-state index contributed by atoms with van der Waals surface area (Å²) in [5, 5.41) is 0. The van der Waals surface area contributed by atoms with Crippen molar-refractivity contribution in [3.63, 3.8) is 0 Å². The fourth-order valence-corrected chi connectivity index (χ4v) is 4.12. The molecule has 1 atom stereocenters. The minimum absolute atomic E-state index is 0.0437. The molecule has 0 bridgehead atoms. The van der Waals surface area contributed by atoms with Gasteiger partial charge in [0.15, 0.2) is 0 Å². The predicted octanol–water partition coefficient (Wildman–Crippen LogP) is 2.72. The number of aromatic nitrogens is 4. The summed E-state index contributed by atoms with van der Waals surface area (Å²) in [5.41, 5.74) is 5.62. The summed E-state index contributed by atoms with van der Waals surface area (Å²) in [6.45, 7) is 9.58. The van der Waals surface area contributed by atoms with Gasteiger partial charge >= 0.3 is 0 Å². The van der Waals surface area contributed by atoms with Crippen molar-refractivity contribution < 1.29 is 4.79 Å². The van der Waals surface area contributed by atoms with Gasteiger partial charge in [-0.25, -0.2) is 19.9 Å². The molecule has 2 aromatic heterocycles. The summed E-state index contributed by atoms with van der Waals surface area (Å²) in [6.07, 6.45) is 11.8. The molecule has 1 aromatic carbocycles. The van der Waals surface area contributed by atoms with Crippen molar-refractivity contribution in [3.05, 3.63) is 65.8 Å². The molecule has 1 amide bonds. The Bertz CT molecular complexity index is 1210. The fourth-order valence-electron chi connectivity index (χ4n) is 4.12. The van der Waals surface area contributed by atoms with Gasteiger partial charge in [0.1, 0.15) is 17.4 Å². The lowest BCUT2D eigenvalue weighted by Crippen LogP contribution is -2.54. The van der Waals surface area contributed by atoms with Crippen molar-refractivity contribution in [2.45, 2.75) is 32.7 Å². The molecular weight excluding hydrogens is 400 g/mol. The number of hydrogen-bond acceptors (Lipinski definition) is 6. The lowest BCUT2D eigenvalue weighted by atomic mass is 10.0. The van der Waals surface area contributed by atoms with Gasteiger partial charge in [-0.2, -0.15) is 0 Å². The van der Waals surface area contributed by atoms with E-state index in [4.69, 9.17) is 11.4 Å². The number of nitrogens with zero attached hydrogens (tertiary/aromatic N) is 6. The van der Waals surface area contributed by atoms with E-state index in [1.54, 1.807) is 12.5 Å². The average molecular weight is 427 g/mol. The Balaban J connectivity index is 1.55. The van der Waals surface area contributed by atoms with Crippen LogP contribution < -0.4 is 4.90 Å². The van der Waals surface area contributed by atoms with Gasteiger partial charge in [-0.15, -0.1) is 6.42 Å². The summed E-state index contributed by atoms with van der Waals surface area (Å²) in [5.74, 6) is 3.30. The Morgan fingerprint density at radius 1 is 1.28 bits per heavy atom. The first-order valence-electron chi connectivity index (χ1n) is 10.7. The number of benzene rings is 1. The van der Waals surface area contributed by atoms with Gasteiger partial charge in [0.05, 0.1) is 11.9 Å². The van der Waals surface area contributed by atoms with Crippen LogP contribution in [-0.2, 0) is 17.6 Å². The Labute approximate surface area is 188 Å². The first kappa shape index (κ1) is 21.4. The second-order valence-electron chi connectivity index (χ2n) is 8.05. The number of carbonyl (C=O) groups excluding carboxylic acids is 1. The molecule has 0 N–H and O–H groups in total. The van der Waals surface area contributed by atoms with Gasteiger partial charge in [0.25, 0.3) is 0 Å². The molecule has 162 valence electrons. The number of fused-ring (bicyclic) bond motifs is 1. The molecule has 0 saturated carbocycles. The average Bonchev–Trinajstić information content (AvgIpc) is 2.82. The van der Waals surface area contributed by atoms with Crippen molar-refractivity contribution in [1.29, 1.82) is 0 Å². The molecule has 1 saturated heterocycles. The summed E-state index contributed by atoms with van der Waals surface area (Å²) in [7, 11) is 0. The molecule has 3 aromatic rings.